The summed E-state index contributed by atoms with van der Waals surface area (Å²) in [6, 6.07) is 17.3. The Morgan fingerprint density at radius 3 is 2.57 bits per heavy atom. The molecule has 2 fully saturated rings. The van der Waals surface area contributed by atoms with E-state index in [1.165, 1.54) is 4.57 Å². The number of fused-ring (bicyclic) bond motifs is 1. The fourth-order valence-electron chi connectivity index (χ4n) is 6.32. The Balaban J connectivity index is 1.18. The third-order valence-corrected chi connectivity index (χ3v) is 9.58. The second-order valence-corrected chi connectivity index (χ2v) is 12.6. The Kier molecular flexibility index (Phi) is 7.40. The zero-order valence-electron chi connectivity index (χ0n) is 24.6. The first-order chi connectivity index (χ1) is 21.3. The van der Waals surface area contributed by atoms with E-state index >= 15 is 0 Å². The number of aryl methyl sites for hydroxylation is 1. The van der Waals surface area contributed by atoms with Crippen LogP contribution in [0.3, 0.4) is 0 Å². The summed E-state index contributed by atoms with van der Waals surface area (Å²) in [4.78, 5) is 35.2. The number of aromatic nitrogens is 2. The topological polar surface area (TPSA) is 103 Å². The van der Waals surface area contributed by atoms with Gasteiger partial charge in [0.15, 0.2) is 0 Å². The molecule has 4 aromatic rings. The lowest BCUT2D eigenvalue weighted by Gasteiger charge is -2.31. The molecule has 0 radical (unpaired) electrons. The van der Waals surface area contributed by atoms with Crippen molar-refractivity contribution in [2.45, 2.75) is 30.7 Å². The second kappa shape index (κ2) is 11.4. The number of alkyl halides is 1. The number of aliphatic hydroxyl groups excluding tert-OH is 1. The summed E-state index contributed by atoms with van der Waals surface area (Å²) in [6.45, 7) is 3.96. The molecule has 0 bridgehead atoms. The molecular weight excluding hydrogens is 576 g/mol. The predicted molar refractivity (Wildman–Crippen MR) is 174 cm³/mol. The first kappa shape index (κ1) is 28.6. The average Bonchev–Trinajstić information content (AvgIpc) is 3.82. The monoisotopic (exact) mass is 610 g/mol. The van der Waals surface area contributed by atoms with Crippen molar-refractivity contribution in [2.24, 2.45) is 7.05 Å². The maximum absolute atomic E-state index is 13.7. The Bertz CT molecular complexity index is 1790. The van der Waals surface area contributed by atoms with Crippen molar-refractivity contribution < 1.29 is 9.90 Å². The Morgan fingerprint density at radius 1 is 1.02 bits per heavy atom. The van der Waals surface area contributed by atoms with Crippen LogP contribution in [0.15, 0.2) is 71.8 Å². The molecule has 1 saturated carbocycles. The zero-order chi connectivity index (χ0) is 30.4. The maximum Gasteiger partial charge on any atom is 0.274 e. The number of hydrogen-bond donors (Lipinski definition) is 3. The van der Waals surface area contributed by atoms with E-state index in [1.807, 2.05) is 48.7 Å². The minimum absolute atomic E-state index is 0.0952. The summed E-state index contributed by atoms with van der Waals surface area (Å²) in [7, 11) is 1.70. The normalized spacial score (nSPS) is 17.4. The Hall–Kier alpha value is -4.18. The van der Waals surface area contributed by atoms with E-state index in [4.69, 9.17) is 11.6 Å². The number of piperazine rings is 1. The molecule has 0 atom stereocenters. The summed E-state index contributed by atoms with van der Waals surface area (Å²) in [5, 5.41) is 17.2. The highest BCUT2D eigenvalue weighted by Crippen LogP contribution is 2.52. The zero-order valence-corrected chi connectivity index (χ0v) is 25.4. The van der Waals surface area contributed by atoms with Gasteiger partial charge in [0.05, 0.1) is 29.1 Å². The fraction of sp³-hybridized carbons (Fsp3) is 0.324. The Labute approximate surface area is 261 Å². The summed E-state index contributed by atoms with van der Waals surface area (Å²) >= 11 is 6.65. The van der Waals surface area contributed by atoms with Crippen molar-refractivity contribution in [2.75, 3.05) is 47.8 Å². The van der Waals surface area contributed by atoms with Gasteiger partial charge in [-0.3, -0.25) is 9.59 Å². The largest absolute Gasteiger partial charge is 0.392 e. The van der Waals surface area contributed by atoms with Gasteiger partial charge in [-0.1, -0.05) is 24.3 Å². The quantitative estimate of drug-likeness (QED) is 0.264. The highest BCUT2D eigenvalue weighted by Gasteiger charge is 2.43. The van der Waals surface area contributed by atoms with Crippen LogP contribution in [-0.2, 0) is 24.9 Å². The van der Waals surface area contributed by atoms with Crippen molar-refractivity contribution in [3.8, 4) is 11.1 Å². The van der Waals surface area contributed by atoms with Gasteiger partial charge < -0.3 is 30.1 Å². The molecule has 0 spiro atoms. The lowest BCUT2D eigenvalue weighted by molar-refractivity contribution is 0.0980. The number of benzene rings is 2. The second-order valence-electron chi connectivity index (χ2n) is 11.8. The highest BCUT2D eigenvalue weighted by molar-refractivity contribution is 6.26. The van der Waals surface area contributed by atoms with Crippen LogP contribution in [0.25, 0.3) is 11.1 Å². The predicted octanol–water partition coefficient (Wildman–Crippen LogP) is 4.52. The van der Waals surface area contributed by atoms with Crippen LogP contribution in [0.1, 0.15) is 39.9 Å². The third kappa shape index (κ3) is 5.25. The van der Waals surface area contributed by atoms with Crippen LogP contribution < -0.4 is 26.0 Å². The third-order valence-electron chi connectivity index (χ3n) is 8.98. The number of nitrogens with one attached hydrogen (secondary N) is 2. The van der Waals surface area contributed by atoms with Crippen LogP contribution in [0, 0.1) is 0 Å². The van der Waals surface area contributed by atoms with Crippen molar-refractivity contribution >= 4 is 40.4 Å². The Morgan fingerprint density at radius 2 is 1.84 bits per heavy atom. The number of aliphatic hydroxyl groups is 1. The molecule has 226 valence electrons. The van der Waals surface area contributed by atoms with E-state index in [2.05, 4.69) is 26.6 Å². The molecule has 3 aliphatic rings. The highest BCUT2D eigenvalue weighted by atomic mass is 35.5. The van der Waals surface area contributed by atoms with Crippen LogP contribution in [0.4, 0.5) is 22.9 Å². The summed E-state index contributed by atoms with van der Waals surface area (Å²) in [6.07, 6.45) is 6.19. The minimum atomic E-state index is -0.276. The fourth-order valence-corrected chi connectivity index (χ4v) is 6.53. The van der Waals surface area contributed by atoms with E-state index < -0.39 is 0 Å². The van der Waals surface area contributed by atoms with E-state index in [9.17, 15) is 14.7 Å². The van der Waals surface area contributed by atoms with Crippen LogP contribution in [0.2, 0.25) is 0 Å². The molecule has 2 aromatic heterocycles. The summed E-state index contributed by atoms with van der Waals surface area (Å²) < 4.78 is 1.52. The van der Waals surface area contributed by atoms with Crippen molar-refractivity contribution in [1.82, 2.24) is 14.9 Å². The van der Waals surface area contributed by atoms with Gasteiger partial charge in [0.25, 0.3) is 11.5 Å². The lowest BCUT2D eigenvalue weighted by atomic mass is 9.93. The molecular formula is C34H35ClN6O3. The number of anilines is 4. The van der Waals surface area contributed by atoms with Crippen LogP contribution >= 0.6 is 11.6 Å². The number of carbonyl (C=O) groups excluding carboxylic acids is 1. The van der Waals surface area contributed by atoms with E-state index in [0.29, 0.717) is 41.3 Å². The number of carbonyl (C=O) groups is 1. The molecule has 1 saturated heterocycles. The van der Waals surface area contributed by atoms with Crippen molar-refractivity contribution in [1.29, 1.82) is 0 Å². The number of amides is 1. The molecule has 3 N–H and O–H groups in total. The van der Waals surface area contributed by atoms with Gasteiger partial charge >= 0.3 is 0 Å². The van der Waals surface area contributed by atoms with Gasteiger partial charge in [-0.25, -0.2) is 4.98 Å². The molecule has 2 aromatic carbocycles. The first-order valence-electron chi connectivity index (χ1n) is 15.1. The molecule has 1 aliphatic carbocycles. The molecule has 44 heavy (non-hydrogen) atoms. The van der Waals surface area contributed by atoms with Crippen molar-refractivity contribution in [3.63, 3.8) is 0 Å². The summed E-state index contributed by atoms with van der Waals surface area (Å²) in [5.41, 5.74) is 6.76. The number of hydrogen-bond acceptors (Lipinski definition) is 7. The molecule has 7 rings (SSSR count). The van der Waals surface area contributed by atoms with Gasteiger partial charge in [0, 0.05) is 62.7 Å². The van der Waals surface area contributed by atoms with Gasteiger partial charge in [-0.2, -0.15) is 0 Å². The van der Waals surface area contributed by atoms with Gasteiger partial charge in [0.2, 0.25) is 0 Å². The number of nitrogens with zero attached hydrogens (tertiary/aromatic N) is 4. The molecule has 4 heterocycles. The van der Waals surface area contributed by atoms with Gasteiger partial charge in [0.1, 0.15) is 11.5 Å². The number of rotatable bonds is 7. The molecule has 1 amide bonds. The van der Waals surface area contributed by atoms with E-state index in [1.54, 1.807) is 24.2 Å². The van der Waals surface area contributed by atoms with Crippen molar-refractivity contribution in [3.05, 3.63) is 99.6 Å². The van der Waals surface area contributed by atoms with Gasteiger partial charge in [-0.05, 0) is 66.3 Å². The maximum atomic E-state index is 13.7. The lowest BCUT2D eigenvalue weighted by Crippen LogP contribution is -2.43. The minimum Gasteiger partial charge on any atom is -0.392 e. The first-order valence-corrected chi connectivity index (χ1v) is 15.5. The standard InChI is InChI=1S/C34H35ClN6O3/c1-39-20-23(18-29(33(39)44)38-31-8-6-25(19-37-31)40-15-12-36-13-16-40)26-3-2-4-30(28(26)21-42)41-14-9-22-17-24(34(35)10-11-34)5-7-27(22)32(41)43/h2-8,17-20,36,42H,9-16,21H2,1H3,(H,37,38). The smallest absolute Gasteiger partial charge is 0.274 e. The summed E-state index contributed by atoms with van der Waals surface area (Å²) in [5.74, 6) is 0.471. The van der Waals surface area contributed by atoms with Crippen LogP contribution in [0.5, 0.6) is 0 Å². The van der Waals surface area contributed by atoms with Gasteiger partial charge in [-0.15, -0.1) is 11.6 Å². The molecule has 2 aliphatic heterocycles. The molecule has 9 nitrogen and oxygen atoms in total. The van der Waals surface area contributed by atoms with E-state index in [-0.39, 0.29) is 22.9 Å². The number of pyridine rings is 2. The average molecular weight is 611 g/mol. The SMILES string of the molecule is Cn1cc(-c2cccc(N3CCc4cc(C5(Cl)CC5)ccc4C3=O)c2CO)cc(Nc2ccc(N3CCNCC3)cn2)c1=O. The number of halogens is 1. The van der Waals surface area contributed by atoms with Crippen LogP contribution in [-0.4, -0.2) is 53.3 Å². The van der Waals surface area contributed by atoms with E-state index in [0.717, 1.165) is 67.0 Å². The molecule has 0 unspecified atom stereocenters. The molecule has 10 heteroatoms.